The molecule has 0 aliphatic rings. The number of anilines is 1. The molecule has 8 heteroatoms. The number of aryl methyl sites for hydroxylation is 1. The number of urea groups is 1. The van der Waals surface area contributed by atoms with Gasteiger partial charge in [0.05, 0.1) is 10.5 Å². The smallest absolute Gasteiger partial charge is 0.338 e. The topological polar surface area (TPSA) is 102 Å². The van der Waals surface area contributed by atoms with E-state index >= 15 is 0 Å². The maximum atomic E-state index is 12.3. The number of carbonyl (C=O) groups is 2. The van der Waals surface area contributed by atoms with Crippen LogP contribution in [-0.4, -0.2) is 20.4 Å². The predicted molar refractivity (Wildman–Crippen MR) is 113 cm³/mol. The van der Waals surface area contributed by atoms with Crippen LogP contribution in [0.3, 0.4) is 0 Å². The molecular weight excluding hydrogens is 404 g/mol. The second-order valence-electron chi connectivity index (χ2n) is 6.52. The summed E-state index contributed by atoms with van der Waals surface area (Å²) in [6, 6.07) is 20.4. The SMILES string of the molecule is Cc1ccc(S(=O)(=O)NC(=O)Nc2cccc(C(=O)OCc3ccccc3)c2)cc1. The lowest BCUT2D eigenvalue weighted by Gasteiger charge is -2.10. The van der Waals surface area contributed by atoms with E-state index in [9.17, 15) is 18.0 Å². The number of sulfonamides is 1. The van der Waals surface area contributed by atoms with E-state index in [0.717, 1.165) is 11.1 Å². The van der Waals surface area contributed by atoms with E-state index in [1.807, 2.05) is 42.0 Å². The minimum absolute atomic E-state index is 0.0264. The van der Waals surface area contributed by atoms with Crippen molar-refractivity contribution in [2.24, 2.45) is 0 Å². The minimum Gasteiger partial charge on any atom is -0.457 e. The summed E-state index contributed by atoms with van der Waals surface area (Å²) in [6.45, 7) is 1.95. The van der Waals surface area contributed by atoms with Crippen molar-refractivity contribution >= 4 is 27.7 Å². The largest absolute Gasteiger partial charge is 0.457 e. The Hall–Kier alpha value is -3.65. The molecule has 0 aromatic heterocycles. The van der Waals surface area contributed by atoms with Gasteiger partial charge in [-0.25, -0.2) is 22.7 Å². The van der Waals surface area contributed by atoms with Crippen LogP contribution < -0.4 is 10.0 Å². The maximum absolute atomic E-state index is 12.3. The second kappa shape index (κ2) is 9.23. The minimum atomic E-state index is -4.02. The number of ether oxygens (including phenoxy) is 1. The lowest BCUT2D eigenvalue weighted by Crippen LogP contribution is -2.34. The molecule has 7 nitrogen and oxygen atoms in total. The summed E-state index contributed by atoms with van der Waals surface area (Å²) in [5.41, 5.74) is 2.22. The molecule has 0 aliphatic heterocycles. The van der Waals surface area contributed by atoms with E-state index in [2.05, 4.69) is 5.32 Å². The normalized spacial score (nSPS) is 10.8. The van der Waals surface area contributed by atoms with E-state index in [4.69, 9.17) is 4.74 Å². The zero-order valence-corrected chi connectivity index (χ0v) is 17.0. The average Bonchev–Trinajstić information content (AvgIpc) is 2.73. The number of hydrogen-bond acceptors (Lipinski definition) is 5. The molecule has 0 saturated heterocycles. The molecule has 0 spiro atoms. The number of rotatable bonds is 6. The fraction of sp³-hybridized carbons (Fsp3) is 0.0909. The van der Waals surface area contributed by atoms with Gasteiger partial charge in [-0.2, -0.15) is 0 Å². The van der Waals surface area contributed by atoms with E-state index in [1.54, 1.807) is 24.3 Å². The van der Waals surface area contributed by atoms with Gasteiger partial charge in [0.1, 0.15) is 6.61 Å². The van der Waals surface area contributed by atoms with Crippen molar-refractivity contribution in [1.82, 2.24) is 4.72 Å². The van der Waals surface area contributed by atoms with Crippen LogP contribution in [0, 0.1) is 6.92 Å². The highest BCUT2D eigenvalue weighted by atomic mass is 32.2. The van der Waals surface area contributed by atoms with Gasteiger partial charge >= 0.3 is 12.0 Å². The Morgan fingerprint density at radius 3 is 2.30 bits per heavy atom. The number of amides is 2. The third-order valence-electron chi connectivity index (χ3n) is 4.13. The van der Waals surface area contributed by atoms with E-state index < -0.39 is 22.0 Å². The van der Waals surface area contributed by atoms with Crippen molar-refractivity contribution < 1.29 is 22.7 Å². The first-order valence-electron chi connectivity index (χ1n) is 9.05. The molecule has 0 radical (unpaired) electrons. The Morgan fingerprint density at radius 1 is 0.900 bits per heavy atom. The van der Waals surface area contributed by atoms with E-state index in [-0.39, 0.29) is 22.8 Å². The second-order valence-corrected chi connectivity index (χ2v) is 8.20. The molecular formula is C22H20N2O5S. The Morgan fingerprint density at radius 2 is 1.60 bits per heavy atom. The summed E-state index contributed by atoms with van der Waals surface area (Å²) >= 11 is 0. The van der Waals surface area contributed by atoms with Gasteiger partial charge in [-0.3, -0.25) is 0 Å². The molecule has 0 bridgehead atoms. The molecule has 154 valence electrons. The first-order chi connectivity index (χ1) is 14.3. The monoisotopic (exact) mass is 424 g/mol. The molecule has 0 saturated carbocycles. The molecule has 2 amide bonds. The number of nitrogens with one attached hydrogen (secondary N) is 2. The zero-order chi connectivity index (χ0) is 21.6. The number of carbonyl (C=O) groups excluding carboxylic acids is 2. The van der Waals surface area contributed by atoms with Gasteiger partial charge in [-0.15, -0.1) is 0 Å². The molecule has 3 rings (SSSR count). The summed E-state index contributed by atoms with van der Waals surface area (Å²) in [4.78, 5) is 24.4. The highest BCUT2D eigenvalue weighted by molar-refractivity contribution is 7.90. The fourth-order valence-corrected chi connectivity index (χ4v) is 3.49. The summed E-state index contributed by atoms with van der Waals surface area (Å²) < 4.78 is 31.8. The number of benzene rings is 3. The van der Waals surface area contributed by atoms with Crippen molar-refractivity contribution in [3.8, 4) is 0 Å². The molecule has 0 aliphatic carbocycles. The summed E-state index contributed by atoms with van der Waals surface area (Å²) in [5.74, 6) is -0.560. The summed E-state index contributed by atoms with van der Waals surface area (Å²) in [5, 5.41) is 2.41. The Labute approximate surface area is 174 Å². The number of hydrogen-bond donors (Lipinski definition) is 2. The van der Waals surface area contributed by atoms with Crippen LogP contribution in [-0.2, 0) is 21.4 Å². The molecule has 2 N–H and O–H groups in total. The molecule has 3 aromatic rings. The van der Waals surface area contributed by atoms with Gasteiger partial charge in [-0.05, 0) is 42.8 Å². The third-order valence-corrected chi connectivity index (χ3v) is 5.47. The van der Waals surface area contributed by atoms with Gasteiger partial charge in [0.2, 0.25) is 0 Å². The summed E-state index contributed by atoms with van der Waals surface area (Å²) in [6.07, 6.45) is 0. The van der Waals surface area contributed by atoms with Gasteiger partial charge in [0, 0.05) is 5.69 Å². The van der Waals surface area contributed by atoms with Crippen LogP contribution >= 0.6 is 0 Å². The van der Waals surface area contributed by atoms with Crippen LogP contribution in [0.5, 0.6) is 0 Å². The first kappa shape index (κ1) is 21.1. The van der Waals surface area contributed by atoms with Gasteiger partial charge < -0.3 is 10.1 Å². The Kier molecular flexibility index (Phi) is 6.48. The molecule has 0 fully saturated rings. The van der Waals surface area contributed by atoms with Crippen molar-refractivity contribution in [2.45, 2.75) is 18.4 Å². The molecule has 30 heavy (non-hydrogen) atoms. The Bertz CT molecular complexity index is 1140. The quantitative estimate of drug-likeness (QED) is 0.585. The van der Waals surface area contributed by atoms with Crippen molar-refractivity contribution in [2.75, 3.05) is 5.32 Å². The Balaban J connectivity index is 1.62. The van der Waals surface area contributed by atoms with Crippen LogP contribution in [0.25, 0.3) is 0 Å². The maximum Gasteiger partial charge on any atom is 0.338 e. The summed E-state index contributed by atoms with van der Waals surface area (Å²) in [7, 11) is -4.02. The highest BCUT2D eigenvalue weighted by Gasteiger charge is 2.18. The standard InChI is InChI=1S/C22H20N2O5S/c1-16-10-12-20(13-11-16)30(27,28)24-22(26)23-19-9-5-8-18(14-19)21(25)29-15-17-6-3-2-4-7-17/h2-14H,15H2,1H3,(H2,23,24,26). The molecule has 0 heterocycles. The molecule has 0 unspecified atom stereocenters. The predicted octanol–water partition coefficient (Wildman–Crippen LogP) is 3.86. The van der Waals surface area contributed by atoms with Gasteiger partial charge in [0.25, 0.3) is 10.0 Å². The number of esters is 1. The van der Waals surface area contributed by atoms with Crippen LogP contribution in [0.15, 0.2) is 83.8 Å². The molecule has 3 aromatic carbocycles. The van der Waals surface area contributed by atoms with Crippen molar-refractivity contribution in [1.29, 1.82) is 0 Å². The third kappa shape index (κ3) is 5.68. The first-order valence-corrected chi connectivity index (χ1v) is 10.5. The van der Waals surface area contributed by atoms with Crippen molar-refractivity contribution in [3.05, 3.63) is 95.6 Å². The van der Waals surface area contributed by atoms with Crippen molar-refractivity contribution in [3.63, 3.8) is 0 Å². The molecule has 0 atom stereocenters. The zero-order valence-electron chi connectivity index (χ0n) is 16.2. The van der Waals surface area contributed by atoms with Crippen LogP contribution in [0.4, 0.5) is 10.5 Å². The van der Waals surface area contributed by atoms with E-state index in [1.165, 1.54) is 24.3 Å². The average molecular weight is 424 g/mol. The van der Waals surface area contributed by atoms with Crippen LogP contribution in [0.1, 0.15) is 21.5 Å². The van der Waals surface area contributed by atoms with Crippen LogP contribution in [0.2, 0.25) is 0 Å². The fourth-order valence-electron chi connectivity index (χ4n) is 2.59. The highest BCUT2D eigenvalue weighted by Crippen LogP contribution is 2.14. The lowest BCUT2D eigenvalue weighted by atomic mass is 10.2. The van der Waals surface area contributed by atoms with Gasteiger partial charge in [0.15, 0.2) is 0 Å². The van der Waals surface area contributed by atoms with Gasteiger partial charge in [-0.1, -0.05) is 54.1 Å². The van der Waals surface area contributed by atoms with E-state index in [0.29, 0.717) is 0 Å². The lowest BCUT2D eigenvalue weighted by molar-refractivity contribution is 0.0472.